The maximum Gasteiger partial charge on any atom is 0.251 e. The Hall–Kier alpha value is -1.95. The number of carbonyl (C=O) groups excluding carboxylic acids is 1. The minimum Gasteiger partial charge on any atom is -0.348 e. The summed E-state index contributed by atoms with van der Waals surface area (Å²) in [6, 6.07) is 5.38. The van der Waals surface area contributed by atoms with Crippen LogP contribution in [-0.2, 0) is 7.05 Å². The van der Waals surface area contributed by atoms with Gasteiger partial charge in [0.05, 0.1) is 5.52 Å². The molecule has 1 atom stereocenters. The van der Waals surface area contributed by atoms with Gasteiger partial charge in [-0.1, -0.05) is 19.1 Å². The van der Waals surface area contributed by atoms with Gasteiger partial charge in [0.25, 0.3) is 5.91 Å². The number of aromatic nitrogens is 3. The molecule has 0 saturated heterocycles. The average Bonchev–Trinajstić information content (AvgIpc) is 2.78. The van der Waals surface area contributed by atoms with Crippen LogP contribution in [0.25, 0.3) is 11.0 Å². The van der Waals surface area contributed by atoms with Crippen LogP contribution >= 0.6 is 0 Å². The first kappa shape index (κ1) is 14.5. The van der Waals surface area contributed by atoms with Crippen LogP contribution in [0, 0.1) is 5.92 Å². The Labute approximate surface area is 118 Å². The first-order valence-electron chi connectivity index (χ1n) is 6.81. The normalized spacial score (nSPS) is 12.8. The van der Waals surface area contributed by atoms with Crippen LogP contribution in [0.3, 0.4) is 0 Å². The first-order chi connectivity index (χ1) is 9.51. The van der Waals surface area contributed by atoms with E-state index in [2.05, 4.69) is 29.5 Å². The molecule has 0 saturated carbocycles. The quantitative estimate of drug-likeness (QED) is 0.854. The van der Waals surface area contributed by atoms with Crippen LogP contribution in [0.1, 0.15) is 30.6 Å². The molecule has 2 aromatic rings. The summed E-state index contributed by atoms with van der Waals surface area (Å²) in [6.45, 7) is 4.66. The Balaban J connectivity index is 2.14. The maximum atomic E-state index is 12.2. The fourth-order valence-electron chi connectivity index (χ4n) is 2.23. The van der Waals surface area contributed by atoms with E-state index < -0.39 is 0 Å². The molecule has 0 bridgehead atoms. The molecule has 0 aliphatic rings. The molecule has 1 aromatic carbocycles. The molecule has 6 heteroatoms. The number of nitrogens with two attached hydrogens (primary N) is 1. The second kappa shape index (κ2) is 6.00. The Bertz CT molecular complexity index is 605. The Kier molecular flexibility index (Phi) is 4.34. The molecule has 0 radical (unpaired) electrons. The summed E-state index contributed by atoms with van der Waals surface area (Å²) in [5, 5.41) is 10.9. The third-order valence-corrected chi connectivity index (χ3v) is 3.25. The van der Waals surface area contributed by atoms with E-state index in [1.807, 2.05) is 13.1 Å². The van der Waals surface area contributed by atoms with E-state index in [4.69, 9.17) is 5.73 Å². The van der Waals surface area contributed by atoms with Crippen molar-refractivity contribution in [1.29, 1.82) is 0 Å². The highest BCUT2D eigenvalue weighted by Gasteiger charge is 2.15. The number of benzene rings is 1. The van der Waals surface area contributed by atoms with E-state index in [-0.39, 0.29) is 11.9 Å². The van der Waals surface area contributed by atoms with E-state index in [1.54, 1.807) is 16.8 Å². The third-order valence-electron chi connectivity index (χ3n) is 3.25. The van der Waals surface area contributed by atoms with Gasteiger partial charge < -0.3 is 11.1 Å². The van der Waals surface area contributed by atoms with Crippen LogP contribution in [0.4, 0.5) is 0 Å². The van der Waals surface area contributed by atoms with Crippen LogP contribution < -0.4 is 11.1 Å². The summed E-state index contributed by atoms with van der Waals surface area (Å²) >= 11 is 0. The molecular weight excluding hydrogens is 254 g/mol. The molecule has 0 fully saturated rings. The van der Waals surface area contributed by atoms with Crippen LogP contribution in [0.2, 0.25) is 0 Å². The van der Waals surface area contributed by atoms with Crippen molar-refractivity contribution in [2.75, 3.05) is 6.54 Å². The zero-order chi connectivity index (χ0) is 14.7. The fraction of sp³-hybridized carbons (Fsp3) is 0.500. The summed E-state index contributed by atoms with van der Waals surface area (Å²) < 4.78 is 1.68. The summed E-state index contributed by atoms with van der Waals surface area (Å²) in [5.41, 5.74) is 7.90. The van der Waals surface area contributed by atoms with E-state index in [9.17, 15) is 4.79 Å². The standard InChI is InChI=1S/C14H21N5O/c1-9(2)6-11(8-15)16-14(20)10-4-5-13-12(7-10)17-18-19(13)3/h4-5,7,9,11H,6,8,15H2,1-3H3,(H,16,20). The van der Waals surface area contributed by atoms with Gasteiger partial charge in [0.15, 0.2) is 0 Å². The summed E-state index contributed by atoms with van der Waals surface area (Å²) in [4.78, 5) is 12.2. The summed E-state index contributed by atoms with van der Waals surface area (Å²) in [6.07, 6.45) is 0.871. The molecule has 1 heterocycles. The van der Waals surface area contributed by atoms with Gasteiger partial charge in [0.2, 0.25) is 0 Å². The third kappa shape index (κ3) is 3.14. The minimum absolute atomic E-state index is 0.0000504. The van der Waals surface area contributed by atoms with Crippen molar-refractivity contribution >= 4 is 16.9 Å². The van der Waals surface area contributed by atoms with Gasteiger partial charge in [-0.25, -0.2) is 4.68 Å². The van der Waals surface area contributed by atoms with Gasteiger partial charge in [-0.3, -0.25) is 4.79 Å². The predicted molar refractivity (Wildman–Crippen MR) is 78.3 cm³/mol. The molecule has 1 unspecified atom stereocenters. The predicted octanol–water partition coefficient (Wildman–Crippen LogP) is 1.07. The molecule has 0 aliphatic heterocycles. The monoisotopic (exact) mass is 275 g/mol. The van der Waals surface area contributed by atoms with E-state index in [0.717, 1.165) is 11.9 Å². The minimum atomic E-state index is -0.117. The topological polar surface area (TPSA) is 85.8 Å². The molecule has 3 N–H and O–H groups in total. The van der Waals surface area contributed by atoms with E-state index in [1.165, 1.54) is 0 Å². The van der Waals surface area contributed by atoms with E-state index >= 15 is 0 Å². The zero-order valence-electron chi connectivity index (χ0n) is 12.1. The number of amides is 1. The smallest absolute Gasteiger partial charge is 0.251 e. The lowest BCUT2D eigenvalue weighted by atomic mass is 10.0. The fourth-order valence-corrected chi connectivity index (χ4v) is 2.23. The molecule has 20 heavy (non-hydrogen) atoms. The number of aryl methyl sites for hydroxylation is 1. The van der Waals surface area contributed by atoms with Crippen LogP contribution in [-0.4, -0.2) is 33.5 Å². The number of carbonyl (C=O) groups is 1. The number of nitrogens with zero attached hydrogens (tertiary/aromatic N) is 3. The van der Waals surface area contributed by atoms with Gasteiger partial charge in [0.1, 0.15) is 5.52 Å². The van der Waals surface area contributed by atoms with Crippen LogP contribution in [0.5, 0.6) is 0 Å². The van der Waals surface area contributed by atoms with Crippen LogP contribution in [0.15, 0.2) is 18.2 Å². The Morgan fingerprint density at radius 3 is 2.85 bits per heavy atom. The molecule has 1 amide bonds. The average molecular weight is 275 g/mol. The molecule has 0 aliphatic carbocycles. The summed E-state index contributed by atoms with van der Waals surface area (Å²) in [5.74, 6) is 0.375. The van der Waals surface area contributed by atoms with Gasteiger partial charge in [-0.05, 0) is 30.5 Å². The molecule has 6 nitrogen and oxygen atoms in total. The Morgan fingerprint density at radius 1 is 1.45 bits per heavy atom. The number of rotatable bonds is 5. The van der Waals surface area contributed by atoms with Crippen molar-refractivity contribution in [2.24, 2.45) is 18.7 Å². The van der Waals surface area contributed by atoms with Gasteiger partial charge >= 0.3 is 0 Å². The lowest BCUT2D eigenvalue weighted by Gasteiger charge is -2.18. The lowest BCUT2D eigenvalue weighted by Crippen LogP contribution is -2.41. The highest BCUT2D eigenvalue weighted by Crippen LogP contribution is 2.13. The molecule has 0 spiro atoms. The number of hydrogen-bond acceptors (Lipinski definition) is 4. The van der Waals surface area contributed by atoms with Gasteiger partial charge in [0, 0.05) is 25.2 Å². The summed E-state index contributed by atoms with van der Waals surface area (Å²) in [7, 11) is 1.82. The Morgan fingerprint density at radius 2 is 2.20 bits per heavy atom. The SMILES string of the molecule is CC(C)CC(CN)NC(=O)c1ccc2c(c1)nnn2C. The van der Waals surface area contributed by atoms with Gasteiger partial charge in [-0.2, -0.15) is 0 Å². The maximum absolute atomic E-state index is 12.2. The van der Waals surface area contributed by atoms with Crippen molar-refractivity contribution in [3.05, 3.63) is 23.8 Å². The van der Waals surface area contributed by atoms with Crippen molar-refractivity contribution in [2.45, 2.75) is 26.3 Å². The molecular formula is C14H21N5O. The molecule has 1 aromatic heterocycles. The second-order valence-electron chi connectivity index (χ2n) is 5.45. The van der Waals surface area contributed by atoms with Gasteiger partial charge in [-0.15, -0.1) is 5.10 Å². The van der Waals surface area contributed by atoms with Crippen molar-refractivity contribution in [3.8, 4) is 0 Å². The first-order valence-corrected chi connectivity index (χ1v) is 6.81. The lowest BCUT2D eigenvalue weighted by molar-refractivity contribution is 0.0934. The van der Waals surface area contributed by atoms with Crippen molar-refractivity contribution in [1.82, 2.24) is 20.3 Å². The largest absolute Gasteiger partial charge is 0.348 e. The number of hydrogen-bond donors (Lipinski definition) is 2. The highest BCUT2D eigenvalue weighted by atomic mass is 16.1. The molecule has 108 valence electrons. The second-order valence-corrected chi connectivity index (χ2v) is 5.45. The highest BCUT2D eigenvalue weighted by molar-refractivity contribution is 5.97. The van der Waals surface area contributed by atoms with Crippen molar-refractivity contribution in [3.63, 3.8) is 0 Å². The molecule has 2 rings (SSSR count). The van der Waals surface area contributed by atoms with Crippen molar-refractivity contribution < 1.29 is 4.79 Å². The number of fused-ring (bicyclic) bond motifs is 1. The van der Waals surface area contributed by atoms with E-state index in [0.29, 0.717) is 23.5 Å². The number of nitrogens with one attached hydrogen (secondary N) is 1. The zero-order valence-corrected chi connectivity index (χ0v) is 12.1.